The van der Waals surface area contributed by atoms with Crippen molar-refractivity contribution >= 4 is 5.97 Å². The first kappa shape index (κ1) is 14.4. The standard InChI is InChI=1S/C12H24N2O3/c1-3-5-13-6-8-14(9-7-13)10-11(12(15)16)17-4-2/h11H,3-10H2,1-2H3,(H,15,16). The van der Waals surface area contributed by atoms with Crippen LogP contribution in [-0.4, -0.2) is 72.9 Å². The van der Waals surface area contributed by atoms with E-state index in [0.717, 1.165) is 32.7 Å². The Morgan fingerprint density at radius 3 is 2.29 bits per heavy atom. The zero-order valence-electron chi connectivity index (χ0n) is 10.9. The van der Waals surface area contributed by atoms with E-state index in [1.54, 1.807) is 0 Å². The van der Waals surface area contributed by atoms with Gasteiger partial charge in [0.2, 0.25) is 0 Å². The summed E-state index contributed by atoms with van der Waals surface area (Å²) >= 11 is 0. The van der Waals surface area contributed by atoms with Gasteiger partial charge >= 0.3 is 5.97 Å². The van der Waals surface area contributed by atoms with Crippen molar-refractivity contribution in [1.29, 1.82) is 0 Å². The Balaban J connectivity index is 2.30. The van der Waals surface area contributed by atoms with Crippen LogP contribution >= 0.6 is 0 Å². The van der Waals surface area contributed by atoms with Crippen molar-refractivity contribution < 1.29 is 14.6 Å². The minimum absolute atomic E-state index is 0.451. The molecule has 1 atom stereocenters. The van der Waals surface area contributed by atoms with Crippen LogP contribution in [0.25, 0.3) is 0 Å². The predicted octanol–water partition coefficient (Wildman–Crippen LogP) is 0.504. The van der Waals surface area contributed by atoms with Gasteiger partial charge in [-0.15, -0.1) is 0 Å². The number of carbonyl (C=O) groups is 1. The summed E-state index contributed by atoms with van der Waals surface area (Å²) in [7, 11) is 0. The van der Waals surface area contributed by atoms with Gasteiger partial charge in [0.1, 0.15) is 0 Å². The molecule has 0 radical (unpaired) electrons. The average Bonchev–Trinajstić information content (AvgIpc) is 2.31. The lowest BCUT2D eigenvalue weighted by Gasteiger charge is -2.35. The number of rotatable bonds is 7. The van der Waals surface area contributed by atoms with Crippen molar-refractivity contribution in [1.82, 2.24) is 9.80 Å². The highest BCUT2D eigenvalue weighted by molar-refractivity contribution is 5.72. The molecule has 1 N–H and O–H groups in total. The van der Waals surface area contributed by atoms with Gasteiger partial charge in [0.25, 0.3) is 0 Å². The van der Waals surface area contributed by atoms with Gasteiger partial charge in [-0.2, -0.15) is 0 Å². The van der Waals surface area contributed by atoms with Crippen molar-refractivity contribution in [3.8, 4) is 0 Å². The summed E-state index contributed by atoms with van der Waals surface area (Å²) in [5.74, 6) is -0.858. The third kappa shape index (κ3) is 5.02. The first-order valence-corrected chi connectivity index (χ1v) is 6.46. The lowest BCUT2D eigenvalue weighted by atomic mass is 10.2. The van der Waals surface area contributed by atoms with Crippen molar-refractivity contribution in [2.45, 2.75) is 26.4 Å². The van der Waals surface area contributed by atoms with Crippen LogP contribution in [0.4, 0.5) is 0 Å². The van der Waals surface area contributed by atoms with E-state index >= 15 is 0 Å². The van der Waals surface area contributed by atoms with Crippen molar-refractivity contribution in [2.75, 3.05) is 45.9 Å². The summed E-state index contributed by atoms with van der Waals surface area (Å²) < 4.78 is 5.23. The molecule has 5 heteroatoms. The van der Waals surface area contributed by atoms with Gasteiger partial charge in [-0.3, -0.25) is 4.90 Å². The topological polar surface area (TPSA) is 53.0 Å². The van der Waals surface area contributed by atoms with Crippen LogP contribution < -0.4 is 0 Å². The molecule has 0 bridgehead atoms. The fourth-order valence-electron chi connectivity index (χ4n) is 2.15. The second-order valence-electron chi connectivity index (χ2n) is 4.42. The minimum atomic E-state index is -0.858. The summed E-state index contributed by atoms with van der Waals surface area (Å²) in [4.78, 5) is 15.6. The largest absolute Gasteiger partial charge is 0.479 e. The van der Waals surface area contributed by atoms with Crippen molar-refractivity contribution in [2.24, 2.45) is 0 Å². The Morgan fingerprint density at radius 1 is 1.24 bits per heavy atom. The van der Waals surface area contributed by atoms with Crippen molar-refractivity contribution in [3.05, 3.63) is 0 Å². The molecule has 0 amide bonds. The maximum absolute atomic E-state index is 11.0. The molecule has 1 aliphatic rings. The molecule has 0 aliphatic carbocycles. The summed E-state index contributed by atoms with van der Waals surface area (Å²) in [6, 6.07) is 0. The number of carboxylic acids is 1. The molecule has 1 heterocycles. The third-order valence-electron chi connectivity index (χ3n) is 3.07. The van der Waals surface area contributed by atoms with E-state index in [0.29, 0.717) is 13.2 Å². The van der Waals surface area contributed by atoms with Crippen LogP contribution in [0.5, 0.6) is 0 Å². The lowest BCUT2D eigenvalue weighted by molar-refractivity contribution is -0.151. The predicted molar refractivity (Wildman–Crippen MR) is 66.2 cm³/mol. The van der Waals surface area contributed by atoms with Gasteiger partial charge in [0.15, 0.2) is 6.10 Å². The molecule has 1 saturated heterocycles. The number of hydrogen-bond donors (Lipinski definition) is 1. The van der Waals surface area contributed by atoms with E-state index < -0.39 is 12.1 Å². The normalized spacial score (nSPS) is 20.4. The fraction of sp³-hybridized carbons (Fsp3) is 0.917. The Morgan fingerprint density at radius 2 is 1.82 bits per heavy atom. The average molecular weight is 244 g/mol. The van der Waals surface area contributed by atoms with E-state index in [1.807, 2.05) is 6.92 Å². The Kier molecular flexibility index (Phi) is 6.47. The fourth-order valence-corrected chi connectivity index (χ4v) is 2.15. The van der Waals surface area contributed by atoms with Crippen molar-refractivity contribution in [3.63, 3.8) is 0 Å². The first-order chi connectivity index (χ1) is 8.17. The number of ether oxygens (including phenoxy) is 1. The zero-order chi connectivity index (χ0) is 12.7. The monoisotopic (exact) mass is 244 g/mol. The molecule has 17 heavy (non-hydrogen) atoms. The Hall–Kier alpha value is -0.650. The third-order valence-corrected chi connectivity index (χ3v) is 3.07. The Bertz CT molecular complexity index is 228. The van der Waals surface area contributed by atoms with Crippen LogP contribution in [-0.2, 0) is 9.53 Å². The zero-order valence-corrected chi connectivity index (χ0v) is 10.9. The summed E-state index contributed by atoms with van der Waals surface area (Å²) in [5.41, 5.74) is 0. The van der Waals surface area contributed by atoms with E-state index in [1.165, 1.54) is 6.42 Å². The quantitative estimate of drug-likeness (QED) is 0.707. The SMILES string of the molecule is CCCN1CCN(CC(OCC)C(=O)O)CC1. The second kappa shape index (κ2) is 7.63. The molecule has 0 aromatic carbocycles. The van der Waals surface area contributed by atoms with Gasteiger partial charge < -0.3 is 14.7 Å². The molecule has 0 saturated carbocycles. The van der Waals surface area contributed by atoms with Gasteiger partial charge in [-0.25, -0.2) is 4.79 Å². The van der Waals surface area contributed by atoms with Crippen LogP contribution in [0, 0.1) is 0 Å². The van der Waals surface area contributed by atoms with E-state index in [9.17, 15) is 4.79 Å². The van der Waals surface area contributed by atoms with Gasteiger partial charge in [0, 0.05) is 39.3 Å². The number of piperazine rings is 1. The number of carboxylic acid groups (broad SMARTS) is 1. The van der Waals surface area contributed by atoms with Crippen LogP contribution in [0.2, 0.25) is 0 Å². The van der Waals surface area contributed by atoms with E-state index in [4.69, 9.17) is 9.84 Å². The molecule has 1 unspecified atom stereocenters. The summed E-state index contributed by atoms with van der Waals surface area (Å²) in [6.45, 7) is 10.1. The van der Waals surface area contributed by atoms with Gasteiger partial charge in [-0.1, -0.05) is 6.92 Å². The summed E-state index contributed by atoms with van der Waals surface area (Å²) in [6.07, 6.45) is 0.495. The molecule has 1 rings (SSSR count). The molecule has 1 aliphatic heterocycles. The van der Waals surface area contributed by atoms with Gasteiger partial charge in [0.05, 0.1) is 0 Å². The summed E-state index contributed by atoms with van der Waals surface area (Å²) in [5, 5.41) is 9.01. The Labute approximate surface area is 103 Å². The number of aliphatic carboxylic acids is 1. The molecule has 0 aromatic heterocycles. The van der Waals surface area contributed by atoms with E-state index in [2.05, 4.69) is 16.7 Å². The molecular formula is C12H24N2O3. The second-order valence-corrected chi connectivity index (χ2v) is 4.42. The highest BCUT2D eigenvalue weighted by Gasteiger charge is 2.23. The minimum Gasteiger partial charge on any atom is -0.479 e. The maximum atomic E-state index is 11.0. The van der Waals surface area contributed by atoms with Crippen LogP contribution in [0.3, 0.4) is 0 Å². The van der Waals surface area contributed by atoms with Gasteiger partial charge in [-0.05, 0) is 19.9 Å². The molecule has 0 spiro atoms. The number of hydrogen-bond acceptors (Lipinski definition) is 4. The molecule has 1 fully saturated rings. The molecule has 0 aromatic rings. The smallest absolute Gasteiger partial charge is 0.334 e. The highest BCUT2D eigenvalue weighted by Crippen LogP contribution is 2.05. The number of nitrogens with zero attached hydrogens (tertiary/aromatic N) is 2. The van der Waals surface area contributed by atoms with E-state index in [-0.39, 0.29) is 0 Å². The maximum Gasteiger partial charge on any atom is 0.334 e. The lowest BCUT2D eigenvalue weighted by Crippen LogP contribution is -2.50. The molecule has 5 nitrogen and oxygen atoms in total. The first-order valence-electron chi connectivity index (χ1n) is 6.46. The van der Waals surface area contributed by atoms with Crippen LogP contribution in [0.1, 0.15) is 20.3 Å². The molecule has 100 valence electrons. The van der Waals surface area contributed by atoms with Crippen LogP contribution in [0.15, 0.2) is 0 Å². The highest BCUT2D eigenvalue weighted by atomic mass is 16.5. The molecular weight excluding hydrogens is 220 g/mol.